The molecule has 0 aromatic carbocycles. The van der Waals surface area contributed by atoms with Gasteiger partial charge in [-0.25, -0.2) is 4.68 Å². The van der Waals surface area contributed by atoms with E-state index in [1.807, 2.05) is 4.68 Å². The second-order valence-electron chi connectivity index (χ2n) is 5.74. The summed E-state index contributed by atoms with van der Waals surface area (Å²) in [7, 11) is 0. The summed E-state index contributed by atoms with van der Waals surface area (Å²) in [6, 6.07) is 0. The van der Waals surface area contributed by atoms with Gasteiger partial charge in [-0.05, 0) is 12.3 Å². The van der Waals surface area contributed by atoms with E-state index in [1.165, 1.54) is 5.69 Å². The normalized spacial score (nSPS) is 12.4. The van der Waals surface area contributed by atoms with Crippen LogP contribution < -0.4 is 5.73 Å². The van der Waals surface area contributed by atoms with Gasteiger partial charge in [-0.3, -0.25) is 0 Å². The maximum absolute atomic E-state index is 5.70. The van der Waals surface area contributed by atoms with E-state index in [1.54, 1.807) is 0 Å². The molecule has 16 heavy (non-hydrogen) atoms. The third-order valence-electron chi connectivity index (χ3n) is 2.63. The highest BCUT2D eigenvalue weighted by molar-refractivity contribution is 5.19. The molecule has 1 aromatic rings. The fourth-order valence-corrected chi connectivity index (χ4v) is 1.84. The largest absolute Gasteiger partial charge is 0.325 e. The zero-order chi connectivity index (χ0) is 12.3. The highest BCUT2D eigenvalue weighted by Gasteiger charge is 2.24. The summed E-state index contributed by atoms with van der Waals surface area (Å²) in [6.07, 6.45) is 1.12. The second-order valence-corrected chi connectivity index (χ2v) is 5.74. The van der Waals surface area contributed by atoms with Gasteiger partial charge in [-0.2, -0.15) is 0 Å². The van der Waals surface area contributed by atoms with Crippen molar-refractivity contribution < 1.29 is 0 Å². The molecule has 4 heteroatoms. The predicted molar refractivity (Wildman–Crippen MR) is 66.1 cm³/mol. The molecule has 0 aliphatic carbocycles. The number of hydrogen-bond donors (Lipinski definition) is 1. The van der Waals surface area contributed by atoms with Gasteiger partial charge >= 0.3 is 0 Å². The van der Waals surface area contributed by atoms with E-state index >= 15 is 0 Å². The SMILES string of the molecule is CC(C)CCn1nnc(CN)c1C(C)(C)C. The van der Waals surface area contributed by atoms with Crippen molar-refractivity contribution in [2.75, 3.05) is 0 Å². The fourth-order valence-electron chi connectivity index (χ4n) is 1.84. The molecule has 92 valence electrons. The number of aryl methyl sites for hydroxylation is 1. The summed E-state index contributed by atoms with van der Waals surface area (Å²) in [5.74, 6) is 0.679. The molecular formula is C12H24N4. The maximum Gasteiger partial charge on any atom is 0.1000 e. The van der Waals surface area contributed by atoms with Crippen molar-refractivity contribution >= 4 is 0 Å². The minimum Gasteiger partial charge on any atom is -0.325 e. The van der Waals surface area contributed by atoms with Gasteiger partial charge in [-0.15, -0.1) is 5.10 Å². The van der Waals surface area contributed by atoms with E-state index in [0.29, 0.717) is 12.5 Å². The van der Waals surface area contributed by atoms with Gasteiger partial charge < -0.3 is 5.73 Å². The number of nitrogens with zero attached hydrogens (tertiary/aromatic N) is 3. The van der Waals surface area contributed by atoms with Crippen LogP contribution in [0, 0.1) is 5.92 Å². The van der Waals surface area contributed by atoms with Crippen LogP contribution in [0.5, 0.6) is 0 Å². The van der Waals surface area contributed by atoms with Gasteiger partial charge in [0.2, 0.25) is 0 Å². The van der Waals surface area contributed by atoms with Crippen molar-refractivity contribution in [2.24, 2.45) is 11.7 Å². The molecule has 0 bridgehead atoms. The first-order valence-corrected chi connectivity index (χ1v) is 5.99. The Morgan fingerprint density at radius 1 is 1.31 bits per heavy atom. The molecule has 0 atom stereocenters. The van der Waals surface area contributed by atoms with Crippen molar-refractivity contribution in [1.82, 2.24) is 15.0 Å². The molecule has 0 saturated carbocycles. The Bertz CT molecular complexity index is 333. The lowest BCUT2D eigenvalue weighted by molar-refractivity contribution is 0.432. The molecule has 0 saturated heterocycles. The topological polar surface area (TPSA) is 56.7 Å². The van der Waals surface area contributed by atoms with E-state index in [2.05, 4.69) is 44.9 Å². The summed E-state index contributed by atoms with van der Waals surface area (Å²) in [4.78, 5) is 0. The quantitative estimate of drug-likeness (QED) is 0.852. The predicted octanol–water partition coefficient (Wildman–Crippen LogP) is 2.08. The summed E-state index contributed by atoms with van der Waals surface area (Å²) in [6.45, 7) is 12.4. The van der Waals surface area contributed by atoms with E-state index < -0.39 is 0 Å². The van der Waals surface area contributed by atoms with Crippen LogP contribution in [-0.2, 0) is 18.5 Å². The Labute approximate surface area is 98.2 Å². The molecule has 1 heterocycles. The molecular weight excluding hydrogens is 200 g/mol. The van der Waals surface area contributed by atoms with E-state index in [0.717, 1.165) is 18.7 Å². The standard InChI is InChI=1S/C12H24N4/c1-9(2)6-7-16-11(12(3,4)5)10(8-13)14-15-16/h9H,6-8,13H2,1-5H3. The van der Waals surface area contributed by atoms with Gasteiger partial charge in [0.15, 0.2) is 0 Å². The first-order valence-electron chi connectivity index (χ1n) is 5.99. The average Bonchev–Trinajstić information content (AvgIpc) is 2.56. The van der Waals surface area contributed by atoms with Crippen LogP contribution in [0.1, 0.15) is 52.4 Å². The number of aromatic nitrogens is 3. The summed E-state index contributed by atoms with van der Waals surface area (Å²) < 4.78 is 2.02. The summed E-state index contributed by atoms with van der Waals surface area (Å²) in [5.41, 5.74) is 7.86. The van der Waals surface area contributed by atoms with Crippen LogP contribution in [0.25, 0.3) is 0 Å². The molecule has 0 radical (unpaired) electrons. The van der Waals surface area contributed by atoms with Crippen LogP contribution in [0.3, 0.4) is 0 Å². The zero-order valence-electron chi connectivity index (χ0n) is 11.1. The highest BCUT2D eigenvalue weighted by atomic mass is 15.4. The van der Waals surface area contributed by atoms with Crippen LogP contribution in [0.4, 0.5) is 0 Å². The molecule has 0 aliphatic rings. The minimum absolute atomic E-state index is 0.0508. The van der Waals surface area contributed by atoms with Gasteiger partial charge in [0.25, 0.3) is 0 Å². The fraction of sp³-hybridized carbons (Fsp3) is 0.833. The highest BCUT2D eigenvalue weighted by Crippen LogP contribution is 2.24. The van der Waals surface area contributed by atoms with Gasteiger partial charge in [0, 0.05) is 18.5 Å². The van der Waals surface area contributed by atoms with Crippen LogP contribution >= 0.6 is 0 Å². The van der Waals surface area contributed by atoms with Crippen molar-refractivity contribution in [3.05, 3.63) is 11.4 Å². The van der Waals surface area contributed by atoms with Gasteiger partial charge in [0.1, 0.15) is 0 Å². The van der Waals surface area contributed by atoms with E-state index in [9.17, 15) is 0 Å². The Hall–Kier alpha value is -0.900. The van der Waals surface area contributed by atoms with Gasteiger partial charge in [0.05, 0.1) is 11.4 Å². The Kier molecular flexibility index (Phi) is 4.08. The van der Waals surface area contributed by atoms with Gasteiger partial charge in [-0.1, -0.05) is 39.8 Å². The van der Waals surface area contributed by atoms with E-state index in [4.69, 9.17) is 5.73 Å². The van der Waals surface area contributed by atoms with Crippen LogP contribution in [0.15, 0.2) is 0 Å². The Morgan fingerprint density at radius 3 is 2.38 bits per heavy atom. The summed E-state index contributed by atoms with van der Waals surface area (Å²) in [5, 5.41) is 8.38. The molecule has 0 fully saturated rings. The molecule has 1 aromatic heterocycles. The molecule has 0 spiro atoms. The van der Waals surface area contributed by atoms with Crippen molar-refractivity contribution in [2.45, 2.75) is 59.5 Å². The molecule has 1 rings (SSSR count). The van der Waals surface area contributed by atoms with Crippen LogP contribution in [0.2, 0.25) is 0 Å². The minimum atomic E-state index is 0.0508. The lowest BCUT2D eigenvalue weighted by Gasteiger charge is -2.21. The monoisotopic (exact) mass is 224 g/mol. The zero-order valence-corrected chi connectivity index (χ0v) is 11.1. The smallest absolute Gasteiger partial charge is 0.1000 e. The third kappa shape index (κ3) is 3.04. The average molecular weight is 224 g/mol. The maximum atomic E-state index is 5.70. The molecule has 2 N–H and O–H groups in total. The Balaban J connectivity index is 2.96. The number of nitrogens with two attached hydrogens (primary N) is 1. The number of hydrogen-bond acceptors (Lipinski definition) is 3. The van der Waals surface area contributed by atoms with E-state index in [-0.39, 0.29) is 5.41 Å². The molecule has 0 unspecified atom stereocenters. The second kappa shape index (κ2) is 4.95. The first kappa shape index (κ1) is 13.2. The lowest BCUT2D eigenvalue weighted by Crippen LogP contribution is -2.21. The Morgan fingerprint density at radius 2 is 1.94 bits per heavy atom. The van der Waals surface area contributed by atoms with Crippen molar-refractivity contribution in [3.8, 4) is 0 Å². The first-order chi connectivity index (χ1) is 7.36. The number of rotatable bonds is 4. The summed E-state index contributed by atoms with van der Waals surface area (Å²) >= 11 is 0. The molecule has 4 nitrogen and oxygen atoms in total. The van der Waals surface area contributed by atoms with Crippen LogP contribution in [-0.4, -0.2) is 15.0 Å². The molecule has 0 aliphatic heterocycles. The lowest BCUT2D eigenvalue weighted by atomic mass is 9.90. The van der Waals surface area contributed by atoms with Crippen molar-refractivity contribution in [1.29, 1.82) is 0 Å². The third-order valence-corrected chi connectivity index (χ3v) is 2.63. The van der Waals surface area contributed by atoms with Crippen molar-refractivity contribution in [3.63, 3.8) is 0 Å². The molecule has 0 amide bonds.